The van der Waals surface area contributed by atoms with E-state index < -0.39 is 5.97 Å². The Morgan fingerprint density at radius 1 is 1.47 bits per heavy atom. The Hall–Kier alpha value is -1.75. The number of carboxylic acids is 1. The van der Waals surface area contributed by atoms with Crippen LogP contribution >= 0.6 is 11.3 Å². The van der Waals surface area contributed by atoms with Crippen molar-refractivity contribution in [2.75, 3.05) is 0 Å². The molecule has 5 heteroatoms. The predicted octanol–water partition coefficient (Wildman–Crippen LogP) is 3.91. The van der Waals surface area contributed by atoms with Crippen LogP contribution in [0.3, 0.4) is 0 Å². The van der Waals surface area contributed by atoms with Gasteiger partial charge in [0.05, 0.1) is 9.88 Å². The summed E-state index contributed by atoms with van der Waals surface area (Å²) in [5.41, 5.74) is 1.47. The molecular formula is C14H14FNO2S. The topological polar surface area (TPSA) is 50.2 Å². The Labute approximate surface area is 114 Å². The third-order valence-corrected chi connectivity index (χ3v) is 3.93. The molecule has 0 atom stereocenters. The first-order chi connectivity index (χ1) is 9.02. The van der Waals surface area contributed by atoms with Crippen LogP contribution in [0.15, 0.2) is 18.2 Å². The molecule has 2 aromatic rings. The van der Waals surface area contributed by atoms with E-state index in [1.165, 1.54) is 23.5 Å². The molecule has 0 aliphatic rings. The molecule has 0 unspecified atom stereocenters. The third kappa shape index (κ3) is 2.81. The fraction of sp³-hybridized carbons (Fsp3) is 0.286. The van der Waals surface area contributed by atoms with E-state index >= 15 is 0 Å². The second-order valence-corrected chi connectivity index (χ2v) is 5.38. The van der Waals surface area contributed by atoms with E-state index in [0.717, 1.165) is 23.4 Å². The van der Waals surface area contributed by atoms with Gasteiger partial charge < -0.3 is 5.11 Å². The Morgan fingerprint density at radius 2 is 2.21 bits per heavy atom. The smallest absolute Gasteiger partial charge is 0.356 e. The molecule has 0 saturated heterocycles. The summed E-state index contributed by atoms with van der Waals surface area (Å²) in [5, 5.41) is 10.00. The molecule has 0 aliphatic carbocycles. The number of nitrogens with zero attached hydrogens (tertiary/aromatic N) is 1. The monoisotopic (exact) mass is 279 g/mol. The molecule has 1 heterocycles. The lowest BCUT2D eigenvalue weighted by atomic mass is 10.1. The Balaban J connectivity index is 2.59. The average Bonchev–Trinajstić information content (AvgIpc) is 2.77. The Kier molecular flexibility index (Phi) is 3.95. The molecule has 0 spiro atoms. The molecule has 1 aromatic heterocycles. The van der Waals surface area contributed by atoms with E-state index in [2.05, 4.69) is 4.98 Å². The fourth-order valence-electron chi connectivity index (χ4n) is 1.85. The van der Waals surface area contributed by atoms with Crippen LogP contribution in [0.5, 0.6) is 0 Å². The molecule has 0 amide bonds. The molecule has 0 fully saturated rings. The van der Waals surface area contributed by atoms with Crippen molar-refractivity contribution in [1.29, 1.82) is 0 Å². The molecular weight excluding hydrogens is 265 g/mol. The van der Waals surface area contributed by atoms with Crippen LogP contribution in [-0.2, 0) is 6.42 Å². The first-order valence-corrected chi connectivity index (χ1v) is 6.84. The van der Waals surface area contributed by atoms with Gasteiger partial charge in [0.2, 0.25) is 0 Å². The van der Waals surface area contributed by atoms with E-state index in [1.807, 2.05) is 13.8 Å². The summed E-state index contributed by atoms with van der Waals surface area (Å²) in [4.78, 5) is 15.9. The van der Waals surface area contributed by atoms with E-state index in [-0.39, 0.29) is 11.5 Å². The van der Waals surface area contributed by atoms with Crippen molar-refractivity contribution in [3.8, 4) is 10.4 Å². The zero-order valence-electron chi connectivity index (χ0n) is 10.7. The lowest BCUT2D eigenvalue weighted by Gasteiger charge is -2.04. The zero-order chi connectivity index (χ0) is 14.0. The van der Waals surface area contributed by atoms with Gasteiger partial charge >= 0.3 is 5.97 Å². The quantitative estimate of drug-likeness (QED) is 0.923. The number of benzene rings is 1. The van der Waals surface area contributed by atoms with Crippen molar-refractivity contribution in [3.05, 3.63) is 40.3 Å². The van der Waals surface area contributed by atoms with Crippen molar-refractivity contribution in [3.63, 3.8) is 0 Å². The van der Waals surface area contributed by atoms with Crippen LogP contribution in [0.2, 0.25) is 0 Å². The molecule has 1 N–H and O–H groups in total. The fourth-order valence-corrected chi connectivity index (χ4v) is 3.09. The van der Waals surface area contributed by atoms with Gasteiger partial charge in [-0.3, -0.25) is 0 Å². The molecule has 1 aromatic carbocycles. The normalized spacial score (nSPS) is 10.7. The van der Waals surface area contributed by atoms with Crippen molar-refractivity contribution in [2.24, 2.45) is 0 Å². The SMILES string of the molecule is CCCc1nc(C(=O)O)c(-c2cc(F)ccc2C)s1. The van der Waals surface area contributed by atoms with E-state index in [4.69, 9.17) is 0 Å². The van der Waals surface area contributed by atoms with Gasteiger partial charge in [0.25, 0.3) is 0 Å². The molecule has 3 nitrogen and oxygen atoms in total. The van der Waals surface area contributed by atoms with Crippen LogP contribution in [0.25, 0.3) is 10.4 Å². The molecule has 0 saturated carbocycles. The van der Waals surface area contributed by atoms with Gasteiger partial charge in [-0.2, -0.15) is 0 Å². The van der Waals surface area contributed by atoms with Gasteiger partial charge in [-0.25, -0.2) is 14.2 Å². The maximum Gasteiger partial charge on any atom is 0.356 e. The highest BCUT2D eigenvalue weighted by Gasteiger charge is 2.20. The van der Waals surface area contributed by atoms with Crippen molar-refractivity contribution >= 4 is 17.3 Å². The summed E-state index contributed by atoms with van der Waals surface area (Å²) < 4.78 is 13.4. The molecule has 2 rings (SSSR count). The molecule has 0 radical (unpaired) electrons. The van der Waals surface area contributed by atoms with Crippen LogP contribution in [0.1, 0.15) is 34.4 Å². The van der Waals surface area contributed by atoms with Crippen LogP contribution in [0.4, 0.5) is 4.39 Å². The van der Waals surface area contributed by atoms with Crippen molar-refractivity contribution in [2.45, 2.75) is 26.7 Å². The third-order valence-electron chi connectivity index (χ3n) is 2.78. The number of aromatic carboxylic acids is 1. The first-order valence-electron chi connectivity index (χ1n) is 6.02. The minimum absolute atomic E-state index is 0.0159. The molecule has 0 bridgehead atoms. The largest absolute Gasteiger partial charge is 0.476 e. The van der Waals surface area contributed by atoms with Crippen molar-refractivity contribution < 1.29 is 14.3 Å². The number of aryl methyl sites for hydroxylation is 2. The number of hydrogen-bond donors (Lipinski definition) is 1. The van der Waals surface area contributed by atoms with Crippen LogP contribution in [0, 0.1) is 12.7 Å². The highest BCUT2D eigenvalue weighted by molar-refractivity contribution is 7.15. The van der Waals surface area contributed by atoms with E-state index in [0.29, 0.717) is 10.4 Å². The highest BCUT2D eigenvalue weighted by atomic mass is 32.1. The minimum atomic E-state index is -1.07. The second kappa shape index (κ2) is 5.48. The van der Waals surface area contributed by atoms with Gasteiger partial charge in [0.1, 0.15) is 5.82 Å². The number of carboxylic acid groups (broad SMARTS) is 1. The molecule has 19 heavy (non-hydrogen) atoms. The number of rotatable bonds is 4. The lowest BCUT2D eigenvalue weighted by Crippen LogP contribution is -2.00. The van der Waals surface area contributed by atoms with Gasteiger partial charge in [-0.05, 0) is 43.0 Å². The predicted molar refractivity (Wildman–Crippen MR) is 73.2 cm³/mol. The summed E-state index contributed by atoms with van der Waals surface area (Å²) in [5.74, 6) is -1.44. The standard InChI is InChI=1S/C14H14FNO2S/c1-3-4-11-16-12(14(17)18)13(19-11)10-7-9(15)6-5-8(10)2/h5-7H,3-4H2,1-2H3,(H,17,18). The van der Waals surface area contributed by atoms with Gasteiger partial charge in [0.15, 0.2) is 5.69 Å². The maximum atomic E-state index is 13.4. The van der Waals surface area contributed by atoms with Gasteiger partial charge in [-0.1, -0.05) is 13.0 Å². The summed E-state index contributed by atoms with van der Waals surface area (Å²) >= 11 is 1.33. The number of carbonyl (C=O) groups is 1. The van der Waals surface area contributed by atoms with Crippen LogP contribution < -0.4 is 0 Å². The number of hydrogen-bond acceptors (Lipinski definition) is 3. The summed E-state index contributed by atoms with van der Waals surface area (Å²) in [6.07, 6.45) is 1.63. The minimum Gasteiger partial charge on any atom is -0.476 e. The summed E-state index contributed by atoms with van der Waals surface area (Å²) in [6, 6.07) is 4.38. The number of thiazole rings is 1. The first kappa shape index (κ1) is 13.7. The van der Waals surface area contributed by atoms with E-state index in [1.54, 1.807) is 6.07 Å². The Bertz CT molecular complexity index is 622. The molecule has 0 aliphatic heterocycles. The van der Waals surface area contributed by atoms with Gasteiger partial charge in [-0.15, -0.1) is 11.3 Å². The maximum absolute atomic E-state index is 13.4. The van der Waals surface area contributed by atoms with Crippen LogP contribution in [-0.4, -0.2) is 16.1 Å². The lowest BCUT2D eigenvalue weighted by molar-refractivity contribution is 0.0692. The summed E-state index contributed by atoms with van der Waals surface area (Å²) in [6.45, 7) is 3.84. The number of aromatic nitrogens is 1. The Morgan fingerprint density at radius 3 is 2.84 bits per heavy atom. The van der Waals surface area contributed by atoms with E-state index in [9.17, 15) is 14.3 Å². The molecule has 100 valence electrons. The summed E-state index contributed by atoms with van der Waals surface area (Å²) in [7, 11) is 0. The highest BCUT2D eigenvalue weighted by Crippen LogP contribution is 2.33. The zero-order valence-corrected chi connectivity index (χ0v) is 11.6. The average molecular weight is 279 g/mol. The second-order valence-electron chi connectivity index (χ2n) is 4.30. The number of halogens is 1. The van der Waals surface area contributed by atoms with Crippen molar-refractivity contribution in [1.82, 2.24) is 4.98 Å². The van der Waals surface area contributed by atoms with Gasteiger partial charge in [0, 0.05) is 0 Å².